The molecule has 1 saturated heterocycles. The van der Waals surface area contributed by atoms with Crippen molar-refractivity contribution in [3.05, 3.63) is 56.2 Å². The third-order valence-electron chi connectivity index (χ3n) is 5.63. The van der Waals surface area contributed by atoms with Crippen molar-refractivity contribution in [1.82, 2.24) is 15.1 Å². The van der Waals surface area contributed by atoms with Crippen molar-refractivity contribution in [1.29, 1.82) is 0 Å². The molecule has 2 aliphatic rings. The zero-order valence-electron chi connectivity index (χ0n) is 16.5. The van der Waals surface area contributed by atoms with Gasteiger partial charge in [0, 0.05) is 38.9 Å². The van der Waals surface area contributed by atoms with Gasteiger partial charge in [-0.1, -0.05) is 17.7 Å². The van der Waals surface area contributed by atoms with Gasteiger partial charge in [0.05, 0.1) is 21.4 Å². The number of likely N-dealkylation sites (tertiary alicyclic amines) is 1. The third kappa shape index (κ3) is 4.33. The van der Waals surface area contributed by atoms with E-state index in [9.17, 15) is 9.59 Å². The molecule has 0 unspecified atom stereocenters. The van der Waals surface area contributed by atoms with Gasteiger partial charge in [0.2, 0.25) is 0 Å². The Balaban J connectivity index is 1.45. The molecule has 1 aromatic carbocycles. The summed E-state index contributed by atoms with van der Waals surface area (Å²) in [5.74, 6) is -0.217. The van der Waals surface area contributed by atoms with E-state index in [1.54, 1.807) is 24.1 Å². The summed E-state index contributed by atoms with van der Waals surface area (Å²) in [6, 6.07) is 9.12. The molecular weight excluding hydrogens is 410 g/mol. The second-order valence-corrected chi connectivity index (χ2v) is 9.35. The second kappa shape index (κ2) is 8.44. The summed E-state index contributed by atoms with van der Waals surface area (Å²) in [5, 5.41) is 2.99. The number of nitrogens with zero attached hydrogens (tertiary/aromatic N) is 2. The van der Waals surface area contributed by atoms with E-state index in [0.29, 0.717) is 27.9 Å². The average Bonchev–Trinajstić information content (AvgIpc) is 3.33. The molecule has 2 atom stereocenters. The molecular formula is C21H24ClN3O3S. The standard InChI is InChI=1S/C21H24ClN3O3S/c1-24-8-7-13-9-14(3-4-15(13)10-24)21(27)25-11-16(17(12-25)28-2)23-20(26)18-5-6-19(22)29-18/h3-6,9,16-17H,7-8,10-12H2,1-2H3,(H,23,26)/t16-,17-/m0/s1. The molecule has 0 spiro atoms. The van der Waals surface area contributed by atoms with Crippen LogP contribution in [0.5, 0.6) is 0 Å². The Morgan fingerprint density at radius 1 is 1.21 bits per heavy atom. The molecule has 1 aromatic heterocycles. The fraction of sp³-hybridized carbons (Fsp3) is 0.429. The Kier molecular flexibility index (Phi) is 5.92. The molecule has 29 heavy (non-hydrogen) atoms. The van der Waals surface area contributed by atoms with E-state index in [2.05, 4.69) is 23.3 Å². The minimum absolute atomic E-state index is 0.0234. The van der Waals surface area contributed by atoms with E-state index >= 15 is 0 Å². The maximum atomic E-state index is 13.1. The topological polar surface area (TPSA) is 61.9 Å². The normalized spacial score (nSPS) is 21.8. The molecule has 2 aromatic rings. The lowest BCUT2D eigenvalue weighted by Gasteiger charge is -2.25. The molecule has 0 bridgehead atoms. The molecule has 3 heterocycles. The number of thiophene rings is 1. The van der Waals surface area contributed by atoms with Crippen LogP contribution in [-0.2, 0) is 17.7 Å². The number of benzene rings is 1. The van der Waals surface area contributed by atoms with Gasteiger partial charge in [-0.05, 0) is 48.9 Å². The summed E-state index contributed by atoms with van der Waals surface area (Å²) in [6.45, 7) is 2.79. The number of hydrogen-bond acceptors (Lipinski definition) is 5. The number of fused-ring (bicyclic) bond motifs is 1. The SMILES string of the molecule is CO[C@H]1CN(C(=O)c2ccc3c(c2)CCN(C)C3)C[C@@H]1NC(=O)c1ccc(Cl)s1. The lowest BCUT2D eigenvalue weighted by atomic mass is 9.97. The monoisotopic (exact) mass is 433 g/mol. The molecule has 0 aliphatic carbocycles. The van der Waals surface area contributed by atoms with Crippen molar-refractivity contribution >= 4 is 34.8 Å². The third-order valence-corrected chi connectivity index (χ3v) is 6.86. The summed E-state index contributed by atoms with van der Waals surface area (Å²) in [5.41, 5.74) is 3.22. The van der Waals surface area contributed by atoms with Crippen LogP contribution in [0.2, 0.25) is 4.34 Å². The minimum Gasteiger partial charge on any atom is -0.377 e. The van der Waals surface area contributed by atoms with Gasteiger partial charge in [-0.2, -0.15) is 0 Å². The largest absolute Gasteiger partial charge is 0.377 e. The van der Waals surface area contributed by atoms with Gasteiger partial charge in [-0.15, -0.1) is 11.3 Å². The summed E-state index contributed by atoms with van der Waals surface area (Å²) in [7, 11) is 3.71. The number of methoxy groups -OCH3 is 1. The van der Waals surface area contributed by atoms with Crippen molar-refractivity contribution in [3.8, 4) is 0 Å². The number of ether oxygens (including phenoxy) is 1. The number of nitrogens with one attached hydrogen (secondary N) is 1. The predicted octanol–water partition coefficient (Wildman–Crippen LogP) is 2.66. The van der Waals surface area contributed by atoms with Crippen LogP contribution in [0.25, 0.3) is 0 Å². The summed E-state index contributed by atoms with van der Waals surface area (Å²) < 4.78 is 6.12. The molecule has 8 heteroatoms. The van der Waals surface area contributed by atoms with E-state index in [0.717, 1.165) is 19.5 Å². The molecule has 2 aliphatic heterocycles. The molecule has 1 fully saturated rings. The first-order valence-corrected chi connectivity index (χ1v) is 10.8. The van der Waals surface area contributed by atoms with Crippen LogP contribution in [0, 0.1) is 0 Å². The summed E-state index contributed by atoms with van der Waals surface area (Å²) in [6.07, 6.45) is 0.708. The van der Waals surface area contributed by atoms with Crippen LogP contribution in [0.15, 0.2) is 30.3 Å². The zero-order chi connectivity index (χ0) is 20.5. The highest BCUT2D eigenvalue weighted by Crippen LogP contribution is 2.24. The van der Waals surface area contributed by atoms with Gasteiger partial charge in [0.15, 0.2) is 0 Å². The number of amides is 2. The molecule has 0 saturated carbocycles. The van der Waals surface area contributed by atoms with Gasteiger partial charge in [-0.25, -0.2) is 0 Å². The first-order valence-electron chi connectivity index (χ1n) is 9.63. The van der Waals surface area contributed by atoms with Gasteiger partial charge >= 0.3 is 0 Å². The van der Waals surface area contributed by atoms with E-state index in [4.69, 9.17) is 16.3 Å². The summed E-state index contributed by atoms with van der Waals surface area (Å²) in [4.78, 5) is 30.2. The average molecular weight is 434 g/mol. The van der Waals surface area contributed by atoms with Crippen LogP contribution in [0.4, 0.5) is 0 Å². The maximum Gasteiger partial charge on any atom is 0.261 e. The van der Waals surface area contributed by atoms with E-state index in [1.807, 2.05) is 12.1 Å². The van der Waals surface area contributed by atoms with Crippen molar-refractivity contribution < 1.29 is 14.3 Å². The Morgan fingerprint density at radius 3 is 2.76 bits per heavy atom. The quantitative estimate of drug-likeness (QED) is 0.805. The summed E-state index contributed by atoms with van der Waals surface area (Å²) >= 11 is 7.16. The fourth-order valence-corrected chi connectivity index (χ4v) is 4.95. The number of hydrogen-bond donors (Lipinski definition) is 1. The first kappa shape index (κ1) is 20.3. The van der Waals surface area contributed by atoms with Gasteiger partial charge in [0.25, 0.3) is 11.8 Å². The number of carbonyl (C=O) groups excluding carboxylic acids is 2. The Labute approximate surface area is 179 Å². The van der Waals surface area contributed by atoms with Crippen LogP contribution < -0.4 is 5.32 Å². The number of rotatable bonds is 4. The van der Waals surface area contributed by atoms with Gasteiger partial charge in [-0.3, -0.25) is 9.59 Å². The lowest BCUT2D eigenvalue weighted by Crippen LogP contribution is -2.43. The smallest absolute Gasteiger partial charge is 0.261 e. The number of halogens is 1. The van der Waals surface area contributed by atoms with Gasteiger partial charge < -0.3 is 19.9 Å². The van der Waals surface area contributed by atoms with Crippen molar-refractivity contribution in [3.63, 3.8) is 0 Å². The molecule has 1 N–H and O–H groups in total. The molecule has 0 radical (unpaired) electrons. The highest BCUT2D eigenvalue weighted by molar-refractivity contribution is 7.18. The van der Waals surface area contributed by atoms with Gasteiger partial charge in [0.1, 0.15) is 0 Å². The molecule has 2 amide bonds. The van der Waals surface area contributed by atoms with Crippen LogP contribution in [0.3, 0.4) is 0 Å². The van der Waals surface area contributed by atoms with E-state index < -0.39 is 0 Å². The second-order valence-electron chi connectivity index (χ2n) is 7.64. The van der Waals surface area contributed by atoms with Crippen molar-refractivity contribution in [2.75, 3.05) is 33.8 Å². The minimum atomic E-state index is -0.261. The molecule has 154 valence electrons. The fourth-order valence-electron chi connectivity index (χ4n) is 4.00. The highest BCUT2D eigenvalue weighted by Gasteiger charge is 2.37. The van der Waals surface area contributed by atoms with Crippen molar-refractivity contribution in [2.24, 2.45) is 0 Å². The first-order chi connectivity index (χ1) is 13.9. The molecule has 6 nitrogen and oxygen atoms in total. The van der Waals surface area contributed by atoms with E-state index in [-0.39, 0.29) is 24.0 Å². The zero-order valence-corrected chi connectivity index (χ0v) is 18.1. The van der Waals surface area contributed by atoms with Crippen LogP contribution >= 0.6 is 22.9 Å². The molecule has 4 rings (SSSR count). The predicted molar refractivity (Wildman–Crippen MR) is 114 cm³/mol. The number of carbonyl (C=O) groups is 2. The van der Waals surface area contributed by atoms with Crippen molar-refractivity contribution in [2.45, 2.75) is 25.1 Å². The Morgan fingerprint density at radius 2 is 2.03 bits per heavy atom. The van der Waals surface area contributed by atoms with E-state index in [1.165, 1.54) is 22.5 Å². The maximum absolute atomic E-state index is 13.1. The lowest BCUT2D eigenvalue weighted by molar-refractivity contribution is 0.0692. The van der Waals surface area contributed by atoms with Crippen LogP contribution in [-0.4, -0.2) is 67.6 Å². The highest BCUT2D eigenvalue weighted by atomic mass is 35.5. The Hall–Kier alpha value is -1.93. The Bertz CT molecular complexity index is 932. The number of likely N-dealkylation sites (N-methyl/N-ethyl adjacent to an activating group) is 1. The van der Waals surface area contributed by atoms with Crippen LogP contribution in [0.1, 0.15) is 31.2 Å².